The summed E-state index contributed by atoms with van der Waals surface area (Å²) in [6, 6.07) is 10.3. The second-order valence-electron chi connectivity index (χ2n) is 4.49. The van der Waals surface area contributed by atoms with Crippen molar-refractivity contribution in [3.05, 3.63) is 47.7 Å². The zero-order valence-electron chi connectivity index (χ0n) is 11.5. The highest BCUT2D eigenvalue weighted by Gasteiger charge is 2.03. The second kappa shape index (κ2) is 6.73. The number of rotatable bonds is 6. The maximum atomic E-state index is 4.49. The Labute approximate surface area is 114 Å². The van der Waals surface area contributed by atoms with Crippen molar-refractivity contribution >= 4 is 11.8 Å². The third-order valence-corrected chi connectivity index (χ3v) is 2.81. The zero-order chi connectivity index (χ0) is 13.5. The van der Waals surface area contributed by atoms with E-state index in [0.717, 1.165) is 30.9 Å². The SMILES string of the molecule is CCCNc1ncc(C)c(NCc2ccccc2)n1. The van der Waals surface area contributed by atoms with Crippen molar-refractivity contribution in [1.82, 2.24) is 9.97 Å². The molecule has 100 valence electrons. The Kier molecular flexibility index (Phi) is 4.72. The van der Waals surface area contributed by atoms with Crippen molar-refractivity contribution in [2.24, 2.45) is 0 Å². The molecule has 0 unspecified atom stereocenters. The minimum atomic E-state index is 0.683. The van der Waals surface area contributed by atoms with Gasteiger partial charge in [0.05, 0.1) is 0 Å². The Bertz CT molecular complexity index is 511. The van der Waals surface area contributed by atoms with E-state index < -0.39 is 0 Å². The Morgan fingerprint density at radius 3 is 2.63 bits per heavy atom. The molecule has 19 heavy (non-hydrogen) atoms. The van der Waals surface area contributed by atoms with Crippen LogP contribution in [0.3, 0.4) is 0 Å². The Hall–Kier alpha value is -2.10. The molecule has 0 radical (unpaired) electrons. The molecule has 0 bridgehead atoms. The quantitative estimate of drug-likeness (QED) is 0.833. The predicted molar refractivity (Wildman–Crippen MR) is 79.3 cm³/mol. The fourth-order valence-electron chi connectivity index (χ4n) is 1.72. The lowest BCUT2D eigenvalue weighted by Crippen LogP contribution is -2.08. The highest BCUT2D eigenvalue weighted by molar-refractivity contribution is 5.46. The number of hydrogen-bond acceptors (Lipinski definition) is 4. The number of anilines is 2. The first-order valence-corrected chi connectivity index (χ1v) is 6.65. The molecule has 2 N–H and O–H groups in total. The van der Waals surface area contributed by atoms with Gasteiger partial charge in [-0.3, -0.25) is 0 Å². The van der Waals surface area contributed by atoms with Gasteiger partial charge in [-0.1, -0.05) is 37.3 Å². The first-order valence-electron chi connectivity index (χ1n) is 6.65. The van der Waals surface area contributed by atoms with E-state index in [1.165, 1.54) is 5.56 Å². The Morgan fingerprint density at radius 1 is 1.11 bits per heavy atom. The van der Waals surface area contributed by atoms with Crippen LogP contribution in [0.25, 0.3) is 0 Å². The summed E-state index contributed by atoms with van der Waals surface area (Å²) < 4.78 is 0. The van der Waals surface area contributed by atoms with E-state index in [1.54, 1.807) is 0 Å². The molecule has 0 saturated carbocycles. The summed E-state index contributed by atoms with van der Waals surface area (Å²) in [4.78, 5) is 8.76. The second-order valence-corrected chi connectivity index (χ2v) is 4.49. The van der Waals surface area contributed by atoms with Crippen LogP contribution in [0.2, 0.25) is 0 Å². The molecule has 0 amide bonds. The van der Waals surface area contributed by atoms with Crippen LogP contribution in [0.1, 0.15) is 24.5 Å². The molecule has 0 aliphatic rings. The minimum Gasteiger partial charge on any atom is -0.366 e. The van der Waals surface area contributed by atoms with Crippen molar-refractivity contribution < 1.29 is 0 Å². The van der Waals surface area contributed by atoms with Crippen LogP contribution in [-0.2, 0) is 6.54 Å². The molecule has 0 aliphatic carbocycles. The van der Waals surface area contributed by atoms with Crippen LogP contribution >= 0.6 is 0 Å². The van der Waals surface area contributed by atoms with E-state index in [0.29, 0.717) is 5.95 Å². The Morgan fingerprint density at radius 2 is 1.89 bits per heavy atom. The van der Waals surface area contributed by atoms with Crippen molar-refractivity contribution in [1.29, 1.82) is 0 Å². The highest BCUT2D eigenvalue weighted by atomic mass is 15.1. The number of hydrogen-bond donors (Lipinski definition) is 2. The van der Waals surface area contributed by atoms with Gasteiger partial charge in [-0.15, -0.1) is 0 Å². The topological polar surface area (TPSA) is 49.8 Å². The molecular weight excluding hydrogens is 236 g/mol. The number of nitrogens with zero attached hydrogens (tertiary/aromatic N) is 2. The maximum absolute atomic E-state index is 4.49. The van der Waals surface area contributed by atoms with Gasteiger partial charge in [0, 0.05) is 24.8 Å². The first-order chi connectivity index (χ1) is 9.29. The monoisotopic (exact) mass is 256 g/mol. The number of aryl methyl sites for hydroxylation is 1. The van der Waals surface area contributed by atoms with E-state index in [9.17, 15) is 0 Å². The molecule has 4 heteroatoms. The van der Waals surface area contributed by atoms with E-state index in [4.69, 9.17) is 0 Å². The summed E-state index contributed by atoms with van der Waals surface area (Å²) in [6.07, 6.45) is 2.91. The summed E-state index contributed by atoms with van der Waals surface area (Å²) in [5.74, 6) is 1.57. The third-order valence-electron chi connectivity index (χ3n) is 2.81. The van der Waals surface area contributed by atoms with E-state index >= 15 is 0 Å². The highest BCUT2D eigenvalue weighted by Crippen LogP contribution is 2.13. The van der Waals surface area contributed by atoms with Crippen LogP contribution in [0.15, 0.2) is 36.5 Å². The molecule has 0 spiro atoms. The lowest BCUT2D eigenvalue weighted by Gasteiger charge is -2.10. The first kappa shape index (κ1) is 13.3. The van der Waals surface area contributed by atoms with E-state index in [2.05, 4.69) is 39.7 Å². The largest absolute Gasteiger partial charge is 0.366 e. The summed E-state index contributed by atoms with van der Waals surface area (Å²) in [7, 11) is 0. The lowest BCUT2D eigenvalue weighted by atomic mass is 10.2. The van der Waals surface area contributed by atoms with E-state index in [1.807, 2.05) is 31.3 Å². The van der Waals surface area contributed by atoms with Gasteiger partial charge in [0.25, 0.3) is 0 Å². The molecular formula is C15H20N4. The smallest absolute Gasteiger partial charge is 0.224 e. The van der Waals surface area contributed by atoms with Crippen molar-refractivity contribution in [2.75, 3.05) is 17.2 Å². The van der Waals surface area contributed by atoms with Gasteiger partial charge in [-0.05, 0) is 18.9 Å². The molecule has 0 saturated heterocycles. The van der Waals surface area contributed by atoms with Crippen LogP contribution < -0.4 is 10.6 Å². The fourth-order valence-corrected chi connectivity index (χ4v) is 1.72. The molecule has 0 aliphatic heterocycles. The Balaban J connectivity index is 2.02. The fraction of sp³-hybridized carbons (Fsp3) is 0.333. The summed E-state index contributed by atoms with van der Waals surface area (Å²) in [5.41, 5.74) is 2.29. The minimum absolute atomic E-state index is 0.683. The van der Waals surface area contributed by atoms with Gasteiger partial charge in [0.15, 0.2) is 0 Å². The number of nitrogens with one attached hydrogen (secondary N) is 2. The van der Waals surface area contributed by atoms with Crippen LogP contribution in [-0.4, -0.2) is 16.5 Å². The molecule has 4 nitrogen and oxygen atoms in total. The van der Waals surface area contributed by atoms with Gasteiger partial charge < -0.3 is 10.6 Å². The molecule has 1 aromatic heterocycles. The van der Waals surface area contributed by atoms with Crippen molar-refractivity contribution in [3.8, 4) is 0 Å². The molecule has 0 atom stereocenters. The standard InChI is InChI=1S/C15H20N4/c1-3-9-16-15-18-10-12(2)14(19-15)17-11-13-7-5-4-6-8-13/h4-8,10H,3,9,11H2,1-2H3,(H2,16,17,18,19). The summed E-state index contributed by atoms with van der Waals surface area (Å²) in [5, 5.41) is 6.55. The normalized spacial score (nSPS) is 10.2. The molecule has 0 fully saturated rings. The average Bonchev–Trinajstić information content (AvgIpc) is 2.46. The zero-order valence-corrected chi connectivity index (χ0v) is 11.5. The molecule has 1 aromatic carbocycles. The van der Waals surface area contributed by atoms with Crippen LogP contribution in [0.4, 0.5) is 11.8 Å². The number of aromatic nitrogens is 2. The molecule has 1 heterocycles. The van der Waals surface area contributed by atoms with Crippen LogP contribution in [0, 0.1) is 6.92 Å². The predicted octanol–water partition coefficient (Wildman–Crippen LogP) is 3.22. The molecule has 2 aromatic rings. The average molecular weight is 256 g/mol. The van der Waals surface area contributed by atoms with Crippen LogP contribution in [0.5, 0.6) is 0 Å². The summed E-state index contributed by atoms with van der Waals surface area (Å²) >= 11 is 0. The summed E-state index contributed by atoms with van der Waals surface area (Å²) in [6.45, 7) is 5.79. The molecule has 2 rings (SSSR count). The van der Waals surface area contributed by atoms with Gasteiger partial charge in [-0.2, -0.15) is 4.98 Å². The van der Waals surface area contributed by atoms with Gasteiger partial charge in [0.2, 0.25) is 5.95 Å². The third kappa shape index (κ3) is 3.95. The van der Waals surface area contributed by atoms with Gasteiger partial charge >= 0.3 is 0 Å². The number of benzene rings is 1. The van der Waals surface area contributed by atoms with Gasteiger partial charge in [-0.25, -0.2) is 4.98 Å². The lowest BCUT2D eigenvalue weighted by molar-refractivity contribution is 0.947. The van der Waals surface area contributed by atoms with Crippen molar-refractivity contribution in [3.63, 3.8) is 0 Å². The van der Waals surface area contributed by atoms with E-state index in [-0.39, 0.29) is 0 Å². The van der Waals surface area contributed by atoms with Gasteiger partial charge in [0.1, 0.15) is 5.82 Å². The maximum Gasteiger partial charge on any atom is 0.224 e. The van der Waals surface area contributed by atoms with Crippen molar-refractivity contribution in [2.45, 2.75) is 26.8 Å².